The number of nitrogens with one attached hydrogen (secondary N) is 2. The fourth-order valence-corrected chi connectivity index (χ4v) is 3.96. The zero-order valence-electron chi connectivity index (χ0n) is 14.9. The highest BCUT2D eigenvalue weighted by Gasteiger charge is 2.41. The molecule has 0 bridgehead atoms. The summed E-state index contributed by atoms with van der Waals surface area (Å²) < 4.78 is 1.85. The van der Waals surface area contributed by atoms with E-state index in [4.69, 9.17) is 0 Å². The van der Waals surface area contributed by atoms with Crippen LogP contribution in [0.4, 0.5) is 0 Å². The van der Waals surface area contributed by atoms with Crippen molar-refractivity contribution in [3.63, 3.8) is 0 Å². The molecule has 6 nitrogen and oxygen atoms in total. The van der Waals surface area contributed by atoms with E-state index in [1.54, 1.807) is 6.20 Å². The number of aromatic nitrogens is 2. The molecule has 0 aromatic carbocycles. The Labute approximate surface area is 162 Å². The van der Waals surface area contributed by atoms with E-state index in [1.807, 2.05) is 16.9 Å². The number of hydrogen-bond acceptors (Lipinski definition) is 4. The highest BCUT2D eigenvalue weighted by atomic mass is 35.5. The summed E-state index contributed by atoms with van der Waals surface area (Å²) in [6.07, 6.45) is 10.5. The van der Waals surface area contributed by atoms with Crippen LogP contribution in [0.2, 0.25) is 0 Å². The molecule has 1 aliphatic carbocycles. The molecule has 25 heavy (non-hydrogen) atoms. The lowest BCUT2D eigenvalue weighted by Crippen LogP contribution is -2.55. The number of rotatable bonds is 6. The normalized spacial score (nSPS) is 19.9. The number of hydrogen-bond donors (Lipinski definition) is 2. The van der Waals surface area contributed by atoms with Gasteiger partial charge in [0.2, 0.25) is 5.91 Å². The summed E-state index contributed by atoms with van der Waals surface area (Å²) >= 11 is 0. The van der Waals surface area contributed by atoms with Crippen LogP contribution in [-0.2, 0) is 10.3 Å². The molecule has 1 aromatic heterocycles. The standard InChI is InChI=1S/C17H29N5O.2ClH/c1-21(15-5-2-3-6-15)14-12-19-16(23)17(7-10-18-11-8-17)22-13-4-9-20-22;;/h4,9,13,15,18H,2-3,5-8,10-12,14H2,1H3,(H,19,23);2*1H. The van der Waals surface area contributed by atoms with Gasteiger partial charge in [0.05, 0.1) is 0 Å². The maximum Gasteiger partial charge on any atom is 0.248 e. The monoisotopic (exact) mass is 391 g/mol. The third kappa shape index (κ3) is 5.09. The molecular formula is C17H31Cl2N5O. The summed E-state index contributed by atoms with van der Waals surface area (Å²) in [6, 6.07) is 2.59. The van der Waals surface area contributed by atoms with Crippen LogP contribution >= 0.6 is 24.8 Å². The zero-order chi connectivity index (χ0) is 16.1. The molecule has 0 atom stereocenters. The first kappa shape index (κ1) is 22.2. The maximum absolute atomic E-state index is 12.9. The van der Waals surface area contributed by atoms with Gasteiger partial charge in [0.15, 0.2) is 0 Å². The van der Waals surface area contributed by atoms with Crippen LogP contribution in [0, 0.1) is 0 Å². The molecule has 1 amide bonds. The summed E-state index contributed by atoms with van der Waals surface area (Å²) in [4.78, 5) is 15.3. The summed E-state index contributed by atoms with van der Waals surface area (Å²) in [7, 11) is 2.18. The van der Waals surface area contributed by atoms with Crippen LogP contribution in [0.1, 0.15) is 38.5 Å². The van der Waals surface area contributed by atoms with Gasteiger partial charge in [-0.1, -0.05) is 12.8 Å². The lowest BCUT2D eigenvalue weighted by Gasteiger charge is -2.36. The van der Waals surface area contributed by atoms with Crippen LogP contribution in [0.5, 0.6) is 0 Å². The van der Waals surface area contributed by atoms with Crippen molar-refractivity contribution in [2.24, 2.45) is 0 Å². The minimum Gasteiger partial charge on any atom is -0.353 e. The fourth-order valence-electron chi connectivity index (χ4n) is 3.96. The van der Waals surface area contributed by atoms with E-state index >= 15 is 0 Å². The number of halogens is 2. The van der Waals surface area contributed by atoms with Crippen molar-refractivity contribution in [3.05, 3.63) is 18.5 Å². The topological polar surface area (TPSA) is 62.2 Å². The fraction of sp³-hybridized carbons (Fsp3) is 0.765. The van der Waals surface area contributed by atoms with Gasteiger partial charge < -0.3 is 15.5 Å². The number of carbonyl (C=O) groups excluding carboxylic acids is 1. The predicted molar refractivity (Wildman–Crippen MR) is 105 cm³/mol. The Hall–Kier alpha value is -0.820. The van der Waals surface area contributed by atoms with Crippen molar-refractivity contribution in [1.29, 1.82) is 0 Å². The summed E-state index contributed by atoms with van der Waals surface area (Å²) in [5.41, 5.74) is -0.527. The van der Waals surface area contributed by atoms with Crippen molar-refractivity contribution in [1.82, 2.24) is 25.3 Å². The molecule has 2 N–H and O–H groups in total. The van der Waals surface area contributed by atoms with Gasteiger partial charge in [0, 0.05) is 31.5 Å². The minimum absolute atomic E-state index is 0. The molecule has 1 aliphatic heterocycles. The van der Waals surface area contributed by atoms with Gasteiger partial charge in [-0.25, -0.2) is 0 Å². The molecule has 8 heteroatoms. The Morgan fingerprint density at radius 1 is 1.32 bits per heavy atom. The average Bonchev–Trinajstić information content (AvgIpc) is 3.28. The van der Waals surface area contributed by atoms with E-state index in [1.165, 1.54) is 25.7 Å². The second kappa shape index (κ2) is 10.4. The quantitative estimate of drug-likeness (QED) is 0.775. The van der Waals surface area contributed by atoms with Crippen molar-refractivity contribution in [3.8, 4) is 0 Å². The SMILES string of the molecule is CN(CCNC(=O)C1(n2cccn2)CCNCC1)C1CCCC1.Cl.Cl. The second-order valence-corrected chi connectivity index (χ2v) is 6.91. The summed E-state index contributed by atoms with van der Waals surface area (Å²) in [6.45, 7) is 3.34. The largest absolute Gasteiger partial charge is 0.353 e. The Morgan fingerprint density at radius 3 is 2.60 bits per heavy atom. The van der Waals surface area contributed by atoms with E-state index < -0.39 is 5.54 Å². The highest BCUT2D eigenvalue weighted by Crippen LogP contribution is 2.27. The van der Waals surface area contributed by atoms with E-state index in [9.17, 15) is 4.79 Å². The van der Waals surface area contributed by atoms with Crippen LogP contribution in [-0.4, -0.2) is 59.9 Å². The maximum atomic E-state index is 12.9. The predicted octanol–water partition coefficient (Wildman–Crippen LogP) is 1.80. The van der Waals surface area contributed by atoms with Gasteiger partial charge in [-0.3, -0.25) is 9.48 Å². The van der Waals surface area contributed by atoms with E-state index in [2.05, 4.69) is 27.7 Å². The first-order valence-corrected chi connectivity index (χ1v) is 8.92. The Bertz CT molecular complexity index is 499. The van der Waals surface area contributed by atoms with Gasteiger partial charge >= 0.3 is 0 Å². The van der Waals surface area contributed by atoms with Crippen LogP contribution in [0.15, 0.2) is 18.5 Å². The molecule has 0 unspecified atom stereocenters. The van der Waals surface area contributed by atoms with E-state index in [0.29, 0.717) is 12.6 Å². The average molecular weight is 392 g/mol. The number of carbonyl (C=O) groups is 1. The zero-order valence-corrected chi connectivity index (χ0v) is 16.6. The lowest BCUT2D eigenvalue weighted by atomic mass is 9.87. The minimum atomic E-state index is -0.527. The third-order valence-electron chi connectivity index (χ3n) is 5.49. The molecule has 1 saturated carbocycles. The van der Waals surface area contributed by atoms with Crippen molar-refractivity contribution < 1.29 is 4.79 Å². The first-order chi connectivity index (χ1) is 11.2. The van der Waals surface area contributed by atoms with Crippen molar-refractivity contribution in [2.45, 2.75) is 50.1 Å². The number of amides is 1. The second-order valence-electron chi connectivity index (χ2n) is 6.91. The van der Waals surface area contributed by atoms with Gasteiger partial charge in [-0.05, 0) is 51.9 Å². The number of likely N-dealkylation sites (N-methyl/N-ethyl adjacent to an activating group) is 1. The third-order valence-corrected chi connectivity index (χ3v) is 5.49. The molecule has 0 radical (unpaired) electrons. The molecule has 144 valence electrons. The molecule has 3 rings (SSSR count). The number of piperidine rings is 1. The Morgan fingerprint density at radius 2 is 2.00 bits per heavy atom. The molecule has 0 spiro atoms. The Balaban J connectivity index is 0.00000156. The van der Waals surface area contributed by atoms with Crippen LogP contribution < -0.4 is 10.6 Å². The van der Waals surface area contributed by atoms with Gasteiger partial charge in [0.25, 0.3) is 0 Å². The van der Waals surface area contributed by atoms with Crippen LogP contribution in [0.3, 0.4) is 0 Å². The molecule has 2 heterocycles. The molecule has 2 aliphatic rings. The molecular weight excluding hydrogens is 361 g/mol. The van der Waals surface area contributed by atoms with Crippen molar-refractivity contribution >= 4 is 30.7 Å². The summed E-state index contributed by atoms with van der Waals surface area (Å²) in [5, 5.41) is 10.9. The smallest absolute Gasteiger partial charge is 0.248 e. The Kier molecular flexibility index (Phi) is 9.21. The van der Waals surface area contributed by atoms with Crippen LogP contribution in [0.25, 0.3) is 0 Å². The van der Waals surface area contributed by atoms with Crippen molar-refractivity contribution in [2.75, 3.05) is 33.2 Å². The lowest BCUT2D eigenvalue weighted by molar-refractivity contribution is -0.132. The first-order valence-electron chi connectivity index (χ1n) is 8.92. The highest BCUT2D eigenvalue weighted by molar-refractivity contribution is 5.85. The molecule has 1 aromatic rings. The van der Waals surface area contributed by atoms with Gasteiger partial charge in [-0.15, -0.1) is 24.8 Å². The van der Waals surface area contributed by atoms with E-state index in [0.717, 1.165) is 32.5 Å². The number of nitrogens with zero attached hydrogens (tertiary/aromatic N) is 3. The van der Waals surface area contributed by atoms with E-state index in [-0.39, 0.29) is 30.7 Å². The van der Waals surface area contributed by atoms with Gasteiger partial charge in [0.1, 0.15) is 5.54 Å². The molecule has 2 fully saturated rings. The summed E-state index contributed by atoms with van der Waals surface area (Å²) in [5.74, 6) is 0.113. The molecule has 1 saturated heterocycles. The van der Waals surface area contributed by atoms with Gasteiger partial charge in [-0.2, -0.15) is 5.10 Å².